The van der Waals surface area contributed by atoms with E-state index in [2.05, 4.69) is 10.4 Å². The number of hydrogen-bond donors (Lipinski definition) is 1. The van der Waals surface area contributed by atoms with Gasteiger partial charge in [-0.05, 0) is 37.5 Å². The molecular weight excluding hydrogens is 469 g/mol. The summed E-state index contributed by atoms with van der Waals surface area (Å²) in [5.41, 5.74) is 2.20. The summed E-state index contributed by atoms with van der Waals surface area (Å²) in [7, 11) is 3.15. The van der Waals surface area contributed by atoms with E-state index < -0.39 is 23.5 Å². The maximum absolute atomic E-state index is 14.0. The average Bonchev–Trinajstić information content (AvgIpc) is 3.16. The number of carbonyl (C=O) groups is 1. The molecular formula is C24H26ClF3N4O2. The molecule has 4 rings (SSSR count). The molecule has 1 amide bonds. The van der Waals surface area contributed by atoms with Crippen LogP contribution in [0.4, 0.5) is 13.2 Å². The predicted molar refractivity (Wildman–Crippen MR) is 122 cm³/mol. The summed E-state index contributed by atoms with van der Waals surface area (Å²) < 4.78 is 48.4. The Morgan fingerprint density at radius 3 is 2.50 bits per heavy atom. The van der Waals surface area contributed by atoms with Crippen LogP contribution in [0.3, 0.4) is 0 Å². The van der Waals surface area contributed by atoms with E-state index in [1.165, 1.54) is 7.11 Å². The highest BCUT2D eigenvalue weighted by Crippen LogP contribution is 2.41. The van der Waals surface area contributed by atoms with Gasteiger partial charge in [0.1, 0.15) is 11.1 Å². The van der Waals surface area contributed by atoms with E-state index in [-0.39, 0.29) is 23.6 Å². The molecule has 3 atom stereocenters. The van der Waals surface area contributed by atoms with Gasteiger partial charge in [-0.2, -0.15) is 5.10 Å². The van der Waals surface area contributed by atoms with Crippen LogP contribution in [-0.2, 0) is 23.0 Å². The fourth-order valence-corrected chi connectivity index (χ4v) is 5.08. The largest absolute Gasteiger partial charge is 0.481 e. The van der Waals surface area contributed by atoms with Gasteiger partial charge in [0.05, 0.1) is 24.5 Å². The van der Waals surface area contributed by atoms with Gasteiger partial charge in [-0.15, -0.1) is 0 Å². The number of hydrogen-bond acceptors (Lipinski definition) is 4. The first-order valence-corrected chi connectivity index (χ1v) is 11.5. The van der Waals surface area contributed by atoms with Crippen molar-refractivity contribution < 1.29 is 22.7 Å². The van der Waals surface area contributed by atoms with Gasteiger partial charge >= 0.3 is 0 Å². The zero-order valence-corrected chi connectivity index (χ0v) is 20.1. The van der Waals surface area contributed by atoms with Gasteiger partial charge < -0.3 is 15.0 Å². The van der Waals surface area contributed by atoms with E-state index >= 15 is 0 Å². The first-order chi connectivity index (χ1) is 16.2. The number of aromatic nitrogens is 2. The van der Waals surface area contributed by atoms with E-state index in [1.807, 2.05) is 18.7 Å². The van der Waals surface area contributed by atoms with Crippen LogP contribution >= 0.6 is 11.6 Å². The number of benzene rings is 1. The van der Waals surface area contributed by atoms with Gasteiger partial charge in [0, 0.05) is 24.2 Å². The molecule has 2 aliphatic heterocycles. The van der Waals surface area contributed by atoms with E-state index in [4.69, 9.17) is 16.3 Å². The molecule has 1 aromatic heterocycles. The molecule has 0 saturated heterocycles. The molecule has 1 N–H and O–H groups in total. The van der Waals surface area contributed by atoms with Crippen LogP contribution in [0.5, 0.6) is 0 Å². The van der Waals surface area contributed by atoms with Crippen LogP contribution in [0.15, 0.2) is 35.2 Å². The Kier molecular flexibility index (Phi) is 6.66. The third-order valence-electron chi connectivity index (χ3n) is 6.44. The normalized spacial score (nSPS) is 22.0. The molecule has 0 spiro atoms. The fourth-order valence-electron chi connectivity index (χ4n) is 4.87. The molecule has 0 radical (unpaired) electrons. The Morgan fingerprint density at radius 1 is 1.24 bits per heavy atom. The molecule has 0 aliphatic carbocycles. The Morgan fingerprint density at radius 2 is 1.91 bits per heavy atom. The highest BCUT2D eigenvalue weighted by molar-refractivity contribution is 6.31. The van der Waals surface area contributed by atoms with Crippen molar-refractivity contribution in [3.63, 3.8) is 0 Å². The molecule has 3 heterocycles. The molecule has 1 aromatic carbocycles. The van der Waals surface area contributed by atoms with Crippen molar-refractivity contribution in [2.24, 2.45) is 7.05 Å². The van der Waals surface area contributed by atoms with Gasteiger partial charge in [0.15, 0.2) is 17.5 Å². The molecule has 0 bridgehead atoms. The second kappa shape index (κ2) is 9.37. The van der Waals surface area contributed by atoms with Crippen LogP contribution in [0.25, 0.3) is 11.3 Å². The molecule has 10 heteroatoms. The number of carbonyl (C=O) groups excluding carboxylic acids is 1. The zero-order chi connectivity index (χ0) is 24.7. The van der Waals surface area contributed by atoms with Gasteiger partial charge in [-0.25, -0.2) is 13.2 Å². The molecule has 2 aliphatic rings. The maximum atomic E-state index is 14.0. The summed E-state index contributed by atoms with van der Waals surface area (Å²) in [6.45, 7) is 3.94. The second-order valence-electron chi connectivity index (χ2n) is 8.39. The van der Waals surface area contributed by atoms with Crippen LogP contribution in [-0.4, -0.2) is 39.8 Å². The number of nitrogens with zero attached hydrogens (tertiary/aromatic N) is 3. The highest BCUT2D eigenvalue weighted by Gasteiger charge is 2.42. The van der Waals surface area contributed by atoms with Crippen molar-refractivity contribution in [2.75, 3.05) is 7.11 Å². The van der Waals surface area contributed by atoms with Crippen molar-refractivity contribution in [3.05, 3.63) is 63.9 Å². The Hall–Kier alpha value is -2.94. The number of nitrogens with one attached hydrogen (secondary N) is 1. The SMILES string of the molecule is CCC1Cc2c(nn(C)c2-c2cc(F)c(F)c(F)c2)C(CC)N1C(=O)C1C=CC(Cl)=C(OC)N1. The number of ether oxygens (including phenoxy) is 1. The summed E-state index contributed by atoms with van der Waals surface area (Å²) in [6, 6.07) is 0.776. The lowest BCUT2D eigenvalue weighted by molar-refractivity contribution is -0.138. The van der Waals surface area contributed by atoms with E-state index in [9.17, 15) is 18.0 Å². The Bertz CT molecular complexity index is 1170. The minimum absolute atomic E-state index is 0.148. The number of halogens is 4. The number of rotatable bonds is 5. The lowest BCUT2D eigenvalue weighted by Gasteiger charge is -2.43. The minimum atomic E-state index is -1.51. The Labute approximate surface area is 201 Å². The number of methoxy groups -OCH3 is 1. The molecule has 2 aromatic rings. The smallest absolute Gasteiger partial charge is 0.250 e. The third kappa shape index (κ3) is 3.96. The fraction of sp³-hybridized carbons (Fsp3) is 0.417. The van der Waals surface area contributed by atoms with Crippen LogP contribution in [0, 0.1) is 17.5 Å². The van der Waals surface area contributed by atoms with Gasteiger partial charge in [-0.3, -0.25) is 9.48 Å². The molecule has 6 nitrogen and oxygen atoms in total. The quantitative estimate of drug-likeness (QED) is 0.612. The summed E-state index contributed by atoms with van der Waals surface area (Å²) in [6.07, 6.45) is 5.01. The average molecular weight is 495 g/mol. The van der Waals surface area contributed by atoms with E-state index in [0.717, 1.165) is 17.7 Å². The molecule has 0 fully saturated rings. The lowest BCUT2D eigenvalue weighted by atomic mass is 9.87. The zero-order valence-electron chi connectivity index (χ0n) is 19.3. The molecule has 182 valence electrons. The molecule has 34 heavy (non-hydrogen) atoms. The first-order valence-electron chi connectivity index (χ1n) is 11.1. The summed E-state index contributed by atoms with van der Waals surface area (Å²) in [5, 5.41) is 8.04. The summed E-state index contributed by atoms with van der Waals surface area (Å²) >= 11 is 6.12. The highest BCUT2D eigenvalue weighted by atomic mass is 35.5. The summed E-state index contributed by atoms with van der Waals surface area (Å²) in [5.74, 6) is -3.85. The van der Waals surface area contributed by atoms with Crippen molar-refractivity contribution in [1.29, 1.82) is 0 Å². The Balaban J connectivity index is 1.76. The number of amides is 1. The van der Waals surface area contributed by atoms with Crippen molar-refractivity contribution in [1.82, 2.24) is 20.0 Å². The lowest BCUT2D eigenvalue weighted by Crippen LogP contribution is -2.54. The number of aryl methyl sites for hydroxylation is 1. The monoisotopic (exact) mass is 494 g/mol. The van der Waals surface area contributed by atoms with Crippen LogP contribution in [0.2, 0.25) is 0 Å². The van der Waals surface area contributed by atoms with Crippen molar-refractivity contribution >= 4 is 17.5 Å². The first kappa shape index (κ1) is 24.2. The predicted octanol–water partition coefficient (Wildman–Crippen LogP) is 4.70. The molecule has 0 saturated carbocycles. The minimum Gasteiger partial charge on any atom is -0.481 e. The number of fused-ring (bicyclic) bond motifs is 1. The van der Waals surface area contributed by atoms with Gasteiger partial charge in [0.2, 0.25) is 11.8 Å². The maximum Gasteiger partial charge on any atom is 0.250 e. The van der Waals surface area contributed by atoms with Crippen LogP contribution < -0.4 is 5.32 Å². The van der Waals surface area contributed by atoms with Crippen LogP contribution in [0.1, 0.15) is 44.0 Å². The van der Waals surface area contributed by atoms with Crippen molar-refractivity contribution in [3.8, 4) is 11.3 Å². The standard InChI is InChI=1S/C24H26ClF3N4O2/c1-5-13-11-14-21(30-31(3)22(14)12-9-16(26)20(28)17(27)10-12)19(6-2)32(13)24(33)18-8-7-15(25)23(29-18)34-4/h7-10,13,18-19,29H,5-6,11H2,1-4H3. The topological polar surface area (TPSA) is 59.4 Å². The van der Waals surface area contributed by atoms with E-state index in [0.29, 0.717) is 41.6 Å². The third-order valence-corrected chi connectivity index (χ3v) is 6.74. The number of allylic oxidation sites excluding steroid dienone is 2. The summed E-state index contributed by atoms with van der Waals surface area (Å²) in [4.78, 5) is 15.5. The second-order valence-corrected chi connectivity index (χ2v) is 8.80. The number of dihydropyridines is 1. The van der Waals surface area contributed by atoms with E-state index in [1.54, 1.807) is 23.9 Å². The van der Waals surface area contributed by atoms with Crippen molar-refractivity contribution in [2.45, 2.75) is 51.2 Å². The van der Waals surface area contributed by atoms with Gasteiger partial charge in [0.25, 0.3) is 0 Å². The van der Waals surface area contributed by atoms with Gasteiger partial charge in [-0.1, -0.05) is 31.5 Å². The molecule has 3 unspecified atom stereocenters.